The fourth-order valence-electron chi connectivity index (χ4n) is 7.63. The van der Waals surface area contributed by atoms with Crippen LogP contribution in [0.3, 0.4) is 0 Å². The molecule has 1 aromatic rings. The highest BCUT2D eigenvalue weighted by atomic mass is 28.4. The van der Waals surface area contributed by atoms with Crippen molar-refractivity contribution in [2.45, 2.75) is 128 Å². The molecule has 0 bridgehead atoms. The molecule has 0 radical (unpaired) electrons. The maximum absolute atomic E-state index is 11.8. The molecular weight excluding hydrogens is 548 g/mol. The smallest absolute Gasteiger partial charge is 0.200 e. The molecule has 8 heteroatoms. The van der Waals surface area contributed by atoms with E-state index >= 15 is 0 Å². The van der Waals surface area contributed by atoms with E-state index < -0.39 is 26.3 Å². The Labute approximate surface area is 256 Å². The fourth-order valence-corrected chi connectivity index (χ4v) is 13.3. The summed E-state index contributed by atoms with van der Waals surface area (Å²) in [6.45, 7) is 25.0. The van der Waals surface area contributed by atoms with E-state index in [0.717, 1.165) is 5.56 Å². The molecule has 0 aliphatic carbocycles. The summed E-state index contributed by atoms with van der Waals surface area (Å²) in [5.41, 5.74) is 2.27. The van der Waals surface area contributed by atoms with Gasteiger partial charge in [-0.1, -0.05) is 98.7 Å². The standard InChI is InChI=1S/C34H58O7Si/c1-12-18-34(35)27(10)25(8)32-33(40-34)31(38-19-28-16-14-13-15-17-28)26(9)30(29(39-32)20-37-21-36-11)41-42(22(2)3,23(4)5)24(6)7/h12-17,22-27,29-33,35H,1,18-21H2,2-11H3/t25-,26+,27-,29-,30+,31-,32+,33-,34+/m0/s1. The summed E-state index contributed by atoms with van der Waals surface area (Å²) >= 11 is 0. The molecule has 2 saturated heterocycles. The average molecular weight is 607 g/mol. The summed E-state index contributed by atoms with van der Waals surface area (Å²) in [7, 11) is -0.705. The molecule has 1 N–H and O–H groups in total. The maximum atomic E-state index is 11.8. The molecule has 42 heavy (non-hydrogen) atoms. The first-order chi connectivity index (χ1) is 19.8. The number of aliphatic hydroxyl groups is 1. The van der Waals surface area contributed by atoms with E-state index in [4.69, 9.17) is 28.1 Å². The third kappa shape index (κ3) is 7.40. The topological polar surface area (TPSA) is 75.6 Å². The predicted molar refractivity (Wildman–Crippen MR) is 170 cm³/mol. The maximum Gasteiger partial charge on any atom is 0.200 e. The largest absolute Gasteiger partial charge is 0.410 e. The van der Waals surface area contributed by atoms with Crippen LogP contribution in [0.5, 0.6) is 0 Å². The lowest BCUT2D eigenvalue weighted by Gasteiger charge is -2.50. The molecule has 3 rings (SSSR count). The van der Waals surface area contributed by atoms with Crippen molar-refractivity contribution in [2.24, 2.45) is 17.8 Å². The summed E-state index contributed by atoms with van der Waals surface area (Å²) in [6.07, 6.45) is 0.165. The van der Waals surface area contributed by atoms with Crippen molar-refractivity contribution in [1.29, 1.82) is 0 Å². The summed E-state index contributed by atoms with van der Waals surface area (Å²) in [5.74, 6) is -1.68. The molecule has 2 fully saturated rings. The van der Waals surface area contributed by atoms with E-state index in [1.54, 1.807) is 13.2 Å². The van der Waals surface area contributed by atoms with Crippen LogP contribution in [-0.2, 0) is 34.7 Å². The molecule has 0 spiro atoms. The molecule has 2 aliphatic rings. The summed E-state index contributed by atoms with van der Waals surface area (Å²) in [5, 5.41) is 11.8. The van der Waals surface area contributed by atoms with Crippen LogP contribution in [0, 0.1) is 17.8 Å². The highest BCUT2D eigenvalue weighted by molar-refractivity contribution is 6.77. The monoisotopic (exact) mass is 606 g/mol. The summed E-state index contributed by atoms with van der Waals surface area (Å²) in [4.78, 5) is 0. The first-order valence-corrected chi connectivity index (χ1v) is 18.0. The molecule has 0 saturated carbocycles. The minimum absolute atomic E-state index is 0.0188. The van der Waals surface area contributed by atoms with Crippen LogP contribution >= 0.6 is 0 Å². The number of ether oxygens (including phenoxy) is 5. The van der Waals surface area contributed by atoms with Gasteiger partial charge in [0.1, 0.15) is 19.0 Å². The molecule has 7 nitrogen and oxygen atoms in total. The number of hydrogen-bond acceptors (Lipinski definition) is 7. The van der Waals surface area contributed by atoms with Gasteiger partial charge in [-0.3, -0.25) is 0 Å². The Balaban J connectivity index is 2.13. The molecule has 2 heterocycles. The second-order valence-corrected chi connectivity index (χ2v) is 18.9. The lowest BCUT2D eigenvalue weighted by molar-refractivity contribution is -0.338. The number of rotatable bonds is 14. The molecule has 0 amide bonds. The van der Waals surface area contributed by atoms with E-state index in [0.29, 0.717) is 36.3 Å². The van der Waals surface area contributed by atoms with E-state index in [1.165, 1.54) is 0 Å². The van der Waals surface area contributed by atoms with Crippen LogP contribution in [0.15, 0.2) is 43.0 Å². The van der Waals surface area contributed by atoms with Crippen LogP contribution < -0.4 is 0 Å². The molecule has 2 aliphatic heterocycles. The number of benzene rings is 1. The molecular formula is C34H58O7Si. The van der Waals surface area contributed by atoms with Crippen molar-refractivity contribution < 1.29 is 33.2 Å². The highest BCUT2D eigenvalue weighted by Gasteiger charge is 2.58. The van der Waals surface area contributed by atoms with Crippen molar-refractivity contribution in [3.63, 3.8) is 0 Å². The van der Waals surface area contributed by atoms with Gasteiger partial charge in [0.2, 0.25) is 8.32 Å². The Bertz CT molecular complexity index is 935. The fraction of sp³-hybridized carbons (Fsp3) is 0.765. The van der Waals surface area contributed by atoms with Gasteiger partial charge in [-0.25, -0.2) is 0 Å². The van der Waals surface area contributed by atoms with Gasteiger partial charge < -0.3 is 33.2 Å². The normalized spacial score (nSPS) is 34.0. The zero-order valence-electron chi connectivity index (χ0n) is 27.7. The summed E-state index contributed by atoms with van der Waals surface area (Å²) < 4.78 is 39.3. The highest BCUT2D eigenvalue weighted by Crippen LogP contribution is 2.49. The van der Waals surface area contributed by atoms with E-state index in [1.807, 2.05) is 25.1 Å². The van der Waals surface area contributed by atoms with E-state index in [9.17, 15) is 5.11 Å². The first-order valence-electron chi connectivity index (χ1n) is 15.9. The second-order valence-electron chi connectivity index (χ2n) is 13.5. The van der Waals surface area contributed by atoms with Gasteiger partial charge in [0.15, 0.2) is 5.79 Å². The van der Waals surface area contributed by atoms with Gasteiger partial charge in [-0.2, -0.15) is 0 Å². The SMILES string of the molecule is C=CC[C@@]1(O)O[C@@H]2[C@H](O[C@@H](COCOC)[C@H](O[Si](C(C)C)(C(C)C)C(C)C)[C@@H](C)[C@@H]2OCc2ccccc2)[C@@H](C)[C@@H]1C. The van der Waals surface area contributed by atoms with Crippen LogP contribution in [0.2, 0.25) is 16.6 Å². The zero-order chi connectivity index (χ0) is 31.2. The van der Waals surface area contributed by atoms with Crippen LogP contribution in [-0.4, -0.2) is 70.2 Å². The van der Waals surface area contributed by atoms with Gasteiger partial charge >= 0.3 is 0 Å². The van der Waals surface area contributed by atoms with Gasteiger partial charge in [0, 0.05) is 25.4 Å². The van der Waals surface area contributed by atoms with Crippen molar-refractivity contribution in [1.82, 2.24) is 0 Å². The lowest BCUT2D eigenvalue weighted by Crippen LogP contribution is -2.61. The molecule has 1 aromatic carbocycles. The zero-order valence-corrected chi connectivity index (χ0v) is 28.7. The molecule has 0 aromatic heterocycles. The van der Waals surface area contributed by atoms with E-state index in [2.05, 4.69) is 74.1 Å². The molecule has 0 unspecified atom stereocenters. The Morgan fingerprint density at radius 2 is 1.57 bits per heavy atom. The van der Waals surface area contributed by atoms with Crippen molar-refractivity contribution in [3.05, 3.63) is 48.6 Å². The number of methoxy groups -OCH3 is 1. The van der Waals surface area contributed by atoms with E-state index in [-0.39, 0.29) is 42.9 Å². The Kier molecular flexibility index (Phi) is 12.9. The Morgan fingerprint density at radius 1 is 0.952 bits per heavy atom. The quantitative estimate of drug-likeness (QED) is 0.105. The molecule has 9 atom stereocenters. The number of fused-ring (bicyclic) bond motifs is 1. The van der Waals surface area contributed by atoms with Crippen molar-refractivity contribution >= 4 is 8.32 Å². The minimum atomic E-state index is -2.33. The lowest BCUT2D eigenvalue weighted by atomic mass is 9.76. The van der Waals surface area contributed by atoms with Crippen LogP contribution in [0.1, 0.15) is 74.3 Å². The van der Waals surface area contributed by atoms with Crippen LogP contribution in [0.25, 0.3) is 0 Å². The summed E-state index contributed by atoms with van der Waals surface area (Å²) in [6, 6.07) is 10.2. The van der Waals surface area contributed by atoms with Crippen LogP contribution in [0.4, 0.5) is 0 Å². The second kappa shape index (κ2) is 15.3. The van der Waals surface area contributed by atoms with Crippen molar-refractivity contribution in [3.8, 4) is 0 Å². The third-order valence-electron chi connectivity index (χ3n) is 9.99. The molecule has 240 valence electrons. The van der Waals surface area contributed by atoms with Crippen molar-refractivity contribution in [2.75, 3.05) is 20.5 Å². The first kappa shape index (κ1) is 35.4. The third-order valence-corrected chi connectivity index (χ3v) is 16.1. The van der Waals surface area contributed by atoms with Gasteiger partial charge in [0.05, 0.1) is 31.5 Å². The predicted octanol–water partition coefficient (Wildman–Crippen LogP) is 7.09. The van der Waals surface area contributed by atoms with Gasteiger partial charge in [-0.05, 0) is 28.1 Å². The van der Waals surface area contributed by atoms with Gasteiger partial charge in [-0.15, -0.1) is 6.58 Å². The number of hydrogen-bond donors (Lipinski definition) is 1. The van der Waals surface area contributed by atoms with Gasteiger partial charge in [0.25, 0.3) is 0 Å². The average Bonchev–Trinajstić information content (AvgIpc) is 3.03. The Hall–Kier alpha value is -1.10. The Morgan fingerprint density at radius 3 is 2.12 bits per heavy atom. The minimum Gasteiger partial charge on any atom is -0.410 e.